The fraction of sp³-hybridized carbons (Fsp3) is 0.167. The maximum Gasteiger partial charge on any atom is 0.277 e. The first-order valence-corrected chi connectivity index (χ1v) is 9.89. The van der Waals surface area contributed by atoms with Gasteiger partial charge >= 0.3 is 0 Å². The number of hydrogen-bond donors (Lipinski definition) is 1. The summed E-state index contributed by atoms with van der Waals surface area (Å²) in [6.07, 6.45) is 0. The topological polar surface area (TPSA) is 86.5 Å². The van der Waals surface area contributed by atoms with Gasteiger partial charge in [0.05, 0.1) is 25.7 Å². The zero-order chi connectivity index (χ0) is 19.2. The molecule has 1 amide bonds. The third-order valence-electron chi connectivity index (χ3n) is 3.48. The largest absolute Gasteiger partial charge is 0.497 e. The number of hydrogen-bond acceptors (Lipinski definition) is 7. The third-order valence-corrected chi connectivity index (χ3v) is 5.24. The molecule has 1 aromatic heterocycles. The van der Waals surface area contributed by atoms with Crippen LogP contribution in [0.3, 0.4) is 0 Å². The van der Waals surface area contributed by atoms with Gasteiger partial charge in [-0.05, 0) is 46.9 Å². The number of benzene rings is 2. The van der Waals surface area contributed by atoms with Gasteiger partial charge in [-0.15, -0.1) is 10.2 Å². The van der Waals surface area contributed by atoms with Crippen molar-refractivity contribution in [3.05, 3.63) is 46.0 Å². The molecule has 0 aliphatic carbocycles. The Balaban J connectivity index is 1.64. The molecular weight excluding hydrogens is 481 g/mol. The van der Waals surface area contributed by atoms with Gasteiger partial charge in [0.2, 0.25) is 11.8 Å². The first-order chi connectivity index (χ1) is 13.1. The average molecular weight is 497 g/mol. The van der Waals surface area contributed by atoms with Gasteiger partial charge in [-0.3, -0.25) is 4.79 Å². The molecule has 0 atom stereocenters. The number of rotatable bonds is 7. The van der Waals surface area contributed by atoms with Crippen molar-refractivity contribution >= 4 is 45.9 Å². The van der Waals surface area contributed by atoms with Crippen molar-refractivity contribution in [1.82, 2.24) is 10.2 Å². The van der Waals surface area contributed by atoms with E-state index in [1.165, 1.54) is 11.8 Å². The zero-order valence-electron chi connectivity index (χ0n) is 14.6. The van der Waals surface area contributed by atoms with E-state index in [0.717, 1.165) is 9.26 Å². The fourth-order valence-corrected chi connectivity index (χ4v) is 3.28. The van der Waals surface area contributed by atoms with Crippen LogP contribution in [0.2, 0.25) is 0 Å². The van der Waals surface area contributed by atoms with Crippen LogP contribution in [0.1, 0.15) is 0 Å². The molecule has 0 spiro atoms. The van der Waals surface area contributed by atoms with Crippen LogP contribution in [0.5, 0.6) is 11.5 Å². The van der Waals surface area contributed by atoms with Crippen molar-refractivity contribution in [1.29, 1.82) is 0 Å². The summed E-state index contributed by atoms with van der Waals surface area (Å²) in [7, 11) is 3.14. The molecule has 0 unspecified atom stereocenters. The number of amides is 1. The van der Waals surface area contributed by atoms with E-state index in [1.807, 2.05) is 24.3 Å². The van der Waals surface area contributed by atoms with Crippen molar-refractivity contribution in [3.8, 4) is 23.0 Å². The van der Waals surface area contributed by atoms with E-state index in [9.17, 15) is 4.79 Å². The van der Waals surface area contributed by atoms with Gasteiger partial charge in [0.15, 0.2) is 0 Å². The Labute approximate surface area is 174 Å². The van der Waals surface area contributed by atoms with E-state index in [2.05, 4.69) is 38.1 Å². The second-order valence-electron chi connectivity index (χ2n) is 5.29. The Hall–Kier alpha value is -2.27. The smallest absolute Gasteiger partial charge is 0.277 e. The molecule has 0 aliphatic heterocycles. The fourth-order valence-electron chi connectivity index (χ4n) is 2.19. The standard InChI is InChI=1S/C18H16IN3O4S/c1-24-12-7-11(8-13(9-12)25-2)17-21-22-18(26-17)27-10-16(23)20-15-6-4-3-5-14(15)19/h3-9H,10H2,1-2H3,(H,20,23). The summed E-state index contributed by atoms with van der Waals surface area (Å²) in [6, 6.07) is 12.9. The molecule has 140 valence electrons. The van der Waals surface area contributed by atoms with Crippen LogP contribution in [0.25, 0.3) is 11.5 Å². The molecule has 0 bridgehead atoms. The van der Waals surface area contributed by atoms with E-state index in [4.69, 9.17) is 13.9 Å². The number of methoxy groups -OCH3 is 2. The Kier molecular flexibility index (Phi) is 6.56. The number of carbonyl (C=O) groups excluding carboxylic acids is 1. The van der Waals surface area contributed by atoms with Crippen LogP contribution in [-0.4, -0.2) is 36.1 Å². The number of para-hydroxylation sites is 1. The summed E-state index contributed by atoms with van der Waals surface area (Å²) < 4.78 is 17.1. The number of nitrogens with zero attached hydrogens (tertiary/aromatic N) is 2. The van der Waals surface area contributed by atoms with E-state index in [1.54, 1.807) is 32.4 Å². The maximum absolute atomic E-state index is 12.1. The second kappa shape index (κ2) is 9.09. The molecular formula is C18H16IN3O4S. The average Bonchev–Trinajstić information content (AvgIpc) is 3.17. The number of nitrogens with one attached hydrogen (secondary N) is 1. The number of ether oxygens (including phenoxy) is 2. The Morgan fingerprint density at radius 3 is 2.52 bits per heavy atom. The normalized spacial score (nSPS) is 10.5. The Morgan fingerprint density at radius 1 is 1.15 bits per heavy atom. The molecule has 1 heterocycles. The van der Waals surface area contributed by atoms with E-state index in [0.29, 0.717) is 28.2 Å². The van der Waals surface area contributed by atoms with Gasteiger partial charge < -0.3 is 19.2 Å². The SMILES string of the molecule is COc1cc(OC)cc(-c2nnc(SCC(=O)Nc3ccccc3I)o2)c1. The number of carbonyl (C=O) groups is 1. The van der Waals surface area contributed by atoms with Gasteiger partial charge in [0.25, 0.3) is 5.22 Å². The summed E-state index contributed by atoms with van der Waals surface area (Å²) in [4.78, 5) is 12.1. The van der Waals surface area contributed by atoms with Gasteiger partial charge in [0.1, 0.15) is 11.5 Å². The molecule has 0 saturated carbocycles. The monoisotopic (exact) mass is 497 g/mol. The number of halogens is 1. The van der Waals surface area contributed by atoms with Crippen molar-refractivity contribution < 1.29 is 18.7 Å². The van der Waals surface area contributed by atoms with Crippen LogP contribution in [0, 0.1) is 3.57 Å². The lowest BCUT2D eigenvalue weighted by molar-refractivity contribution is -0.113. The molecule has 0 fully saturated rings. The lowest BCUT2D eigenvalue weighted by atomic mass is 10.2. The summed E-state index contributed by atoms with van der Waals surface area (Å²) in [5.74, 6) is 1.58. The molecule has 27 heavy (non-hydrogen) atoms. The summed E-state index contributed by atoms with van der Waals surface area (Å²) >= 11 is 3.34. The number of aromatic nitrogens is 2. The second-order valence-corrected chi connectivity index (χ2v) is 7.38. The quantitative estimate of drug-likeness (QED) is 0.389. The summed E-state index contributed by atoms with van der Waals surface area (Å²) in [5.41, 5.74) is 1.45. The first kappa shape index (κ1) is 19.5. The summed E-state index contributed by atoms with van der Waals surface area (Å²) in [6.45, 7) is 0. The van der Waals surface area contributed by atoms with E-state index < -0.39 is 0 Å². The third kappa shape index (κ3) is 5.13. The van der Waals surface area contributed by atoms with E-state index in [-0.39, 0.29) is 11.7 Å². The van der Waals surface area contributed by atoms with Gasteiger partial charge in [-0.25, -0.2) is 0 Å². The Morgan fingerprint density at radius 2 is 1.85 bits per heavy atom. The molecule has 0 radical (unpaired) electrons. The predicted octanol–water partition coefficient (Wildman–Crippen LogP) is 4.09. The highest BCUT2D eigenvalue weighted by Gasteiger charge is 2.14. The van der Waals surface area contributed by atoms with Crippen LogP contribution >= 0.6 is 34.4 Å². The first-order valence-electron chi connectivity index (χ1n) is 7.83. The van der Waals surface area contributed by atoms with Crippen molar-refractivity contribution in [2.45, 2.75) is 5.22 Å². The Bertz CT molecular complexity index is 926. The van der Waals surface area contributed by atoms with Gasteiger partial charge in [-0.2, -0.15) is 0 Å². The molecule has 2 aromatic carbocycles. The lowest BCUT2D eigenvalue weighted by Crippen LogP contribution is -2.14. The van der Waals surface area contributed by atoms with Gasteiger partial charge in [0, 0.05) is 15.2 Å². The molecule has 7 nitrogen and oxygen atoms in total. The molecule has 3 rings (SSSR count). The minimum atomic E-state index is -0.146. The van der Waals surface area contributed by atoms with Crippen LogP contribution in [-0.2, 0) is 4.79 Å². The highest BCUT2D eigenvalue weighted by atomic mass is 127. The molecule has 9 heteroatoms. The minimum Gasteiger partial charge on any atom is -0.497 e. The summed E-state index contributed by atoms with van der Waals surface area (Å²) in [5, 5.41) is 11.2. The number of anilines is 1. The molecule has 3 aromatic rings. The van der Waals surface area contributed by atoms with Crippen LogP contribution in [0.4, 0.5) is 5.69 Å². The lowest BCUT2D eigenvalue weighted by Gasteiger charge is -2.06. The van der Waals surface area contributed by atoms with Crippen molar-refractivity contribution in [3.63, 3.8) is 0 Å². The van der Waals surface area contributed by atoms with Gasteiger partial charge in [-0.1, -0.05) is 23.9 Å². The maximum atomic E-state index is 12.1. The highest BCUT2D eigenvalue weighted by Crippen LogP contribution is 2.30. The van der Waals surface area contributed by atoms with Crippen molar-refractivity contribution in [2.24, 2.45) is 0 Å². The van der Waals surface area contributed by atoms with Crippen molar-refractivity contribution in [2.75, 3.05) is 25.3 Å². The zero-order valence-corrected chi connectivity index (χ0v) is 17.5. The predicted molar refractivity (Wildman–Crippen MR) is 111 cm³/mol. The molecule has 0 aliphatic rings. The van der Waals surface area contributed by atoms with Crippen LogP contribution < -0.4 is 14.8 Å². The minimum absolute atomic E-state index is 0.146. The van der Waals surface area contributed by atoms with Crippen LogP contribution in [0.15, 0.2) is 52.1 Å². The number of thioether (sulfide) groups is 1. The molecule has 1 N–H and O–H groups in total. The highest BCUT2D eigenvalue weighted by molar-refractivity contribution is 14.1. The van der Waals surface area contributed by atoms with E-state index >= 15 is 0 Å². The molecule has 0 saturated heterocycles.